The van der Waals surface area contributed by atoms with Crippen LogP contribution in [0.1, 0.15) is 5.56 Å². The number of carbonyl (C=O) groups excluding carboxylic acids is 1. The van der Waals surface area contributed by atoms with Crippen molar-refractivity contribution in [3.8, 4) is 11.4 Å². The Hall–Kier alpha value is -3.19. The predicted molar refractivity (Wildman–Crippen MR) is 102 cm³/mol. The third-order valence-corrected chi connectivity index (χ3v) is 4.77. The number of rotatable bonds is 2. The summed E-state index contributed by atoms with van der Waals surface area (Å²) in [5, 5.41) is 4.85. The van der Waals surface area contributed by atoms with Crippen molar-refractivity contribution in [2.75, 3.05) is 11.9 Å². The molecule has 2 aromatic carbocycles. The van der Waals surface area contributed by atoms with E-state index in [2.05, 4.69) is 5.10 Å². The van der Waals surface area contributed by atoms with Gasteiger partial charge in [-0.25, -0.2) is 4.68 Å². The predicted octanol–water partition coefficient (Wildman–Crippen LogP) is 1.75. The molecule has 1 aromatic heterocycles. The molecule has 1 aliphatic rings. The molecule has 4 rings (SSSR count). The molecule has 0 unspecified atom stereocenters. The summed E-state index contributed by atoms with van der Waals surface area (Å²) < 4.78 is 2.24. The van der Waals surface area contributed by atoms with E-state index in [9.17, 15) is 14.4 Å². The second kappa shape index (κ2) is 6.51. The van der Waals surface area contributed by atoms with Gasteiger partial charge in [-0.1, -0.05) is 41.9 Å². The molecule has 0 N–H and O–H groups in total. The van der Waals surface area contributed by atoms with E-state index in [0.29, 0.717) is 16.3 Å². The molecule has 2 heterocycles. The maximum atomic E-state index is 12.7. The fraction of sp³-hybridized carbons (Fsp3) is 0.158. The van der Waals surface area contributed by atoms with E-state index in [-0.39, 0.29) is 24.8 Å². The minimum Gasteiger partial charge on any atom is -0.313 e. The summed E-state index contributed by atoms with van der Waals surface area (Å²) in [6.07, 6.45) is 0. The third kappa shape index (κ3) is 2.96. The molecule has 3 aromatic rings. The Balaban J connectivity index is 1.98. The summed E-state index contributed by atoms with van der Waals surface area (Å²) in [7, 11) is 1.61. The van der Waals surface area contributed by atoms with Gasteiger partial charge in [-0.15, -0.1) is 0 Å². The zero-order valence-corrected chi connectivity index (χ0v) is 15.2. The minimum atomic E-state index is -0.787. The van der Waals surface area contributed by atoms with E-state index in [1.54, 1.807) is 25.2 Å². The van der Waals surface area contributed by atoms with Gasteiger partial charge in [0, 0.05) is 17.6 Å². The highest BCUT2D eigenvalue weighted by Crippen LogP contribution is 2.33. The van der Waals surface area contributed by atoms with Crippen LogP contribution >= 0.6 is 11.6 Å². The van der Waals surface area contributed by atoms with E-state index < -0.39 is 11.1 Å². The van der Waals surface area contributed by atoms with Gasteiger partial charge in [-0.05, 0) is 23.8 Å². The number of nitrogens with zero attached hydrogens (tertiary/aromatic N) is 4. The Morgan fingerprint density at radius 3 is 2.52 bits per heavy atom. The van der Waals surface area contributed by atoms with Crippen molar-refractivity contribution in [3.63, 3.8) is 0 Å². The number of likely N-dealkylation sites (N-methyl/N-ethyl adjacent to an activating group) is 1. The van der Waals surface area contributed by atoms with Gasteiger partial charge in [0.2, 0.25) is 5.91 Å². The van der Waals surface area contributed by atoms with Crippen LogP contribution in [0, 0.1) is 0 Å². The van der Waals surface area contributed by atoms with Gasteiger partial charge in [-0.3, -0.25) is 19.0 Å². The van der Waals surface area contributed by atoms with Crippen molar-refractivity contribution in [2.24, 2.45) is 0 Å². The summed E-state index contributed by atoms with van der Waals surface area (Å²) in [6.45, 7) is -0.103. The highest BCUT2D eigenvalue weighted by molar-refractivity contribution is 6.31. The number of carbonyl (C=O) groups is 1. The van der Waals surface area contributed by atoms with Gasteiger partial charge in [-0.2, -0.15) is 5.10 Å². The summed E-state index contributed by atoms with van der Waals surface area (Å²) >= 11 is 6.13. The first-order valence-corrected chi connectivity index (χ1v) is 8.66. The molecular formula is C19H15ClN4O3. The zero-order chi connectivity index (χ0) is 19.1. The highest BCUT2D eigenvalue weighted by atomic mass is 35.5. The Bertz CT molecular complexity index is 1170. The number of hydrogen-bond acceptors (Lipinski definition) is 4. The topological polar surface area (TPSA) is 77.2 Å². The van der Waals surface area contributed by atoms with Crippen LogP contribution in [-0.2, 0) is 17.9 Å². The number of hydrogen-bond donors (Lipinski definition) is 0. The molecule has 0 saturated heterocycles. The molecule has 0 fully saturated rings. The van der Waals surface area contributed by atoms with Crippen LogP contribution in [0.3, 0.4) is 0 Å². The lowest BCUT2D eigenvalue weighted by atomic mass is 10.1. The first-order valence-electron chi connectivity index (χ1n) is 8.28. The summed E-state index contributed by atoms with van der Waals surface area (Å²) in [5.74, 6) is -0.0767. The molecule has 0 spiro atoms. The fourth-order valence-corrected chi connectivity index (χ4v) is 3.27. The van der Waals surface area contributed by atoms with Crippen LogP contribution in [0.5, 0.6) is 0 Å². The fourth-order valence-electron chi connectivity index (χ4n) is 3.10. The first kappa shape index (κ1) is 17.2. The number of halogens is 1. The number of amides is 1. The van der Waals surface area contributed by atoms with Crippen molar-refractivity contribution >= 4 is 23.2 Å². The van der Waals surface area contributed by atoms with E-state index >= 15 is 0 Å². The molecule has 1 amide bonds. The number of fused-ring (bicyclic) bond motifs is 3. The van der Waals surface area contributed by atoms with Crippen LogP contribution in [0.2, 0.25) is 5.02 Å². The van der Waals surface area contributed by atoms with Crippen LogP contribution in [0.4, 0.5) is 5.69 Å². The van der Waals surface area contributed by atoms with Gasteiger partial charge in [0.15, 0.2) is 5.82 Å². The highest BCUT2D eigenvalue weighted by Gasteiger charge is 2.27. The molecule has 1 aliphatic heterocycles. The second-order valence-electron chi connectivity index (χ2n) is 6.28. The van der Waals surface area contributed by atoms with Crippen LogP contribution in [0.15, 0.2) is 58.1 Å². The van der Waals surface area contributed by atoms with Crippen LogP contribution < -0.4 is 16.0 Å². The summed E-state index contributed by atoms with van der Waals surface area (Å²) in [4.78, 5) is 39.1. The lowest BCUT2D eigenvalue weighted by molar-refractivity contribution is -0.118. The molecular weight excluding hydrogens is 368 g/mol. The minimum absolute atomic E-state index is 0.155. The largest absolute Gasteiger partial charge is 0.332 e. The Morgan fingerprint density at radius 2 is 1.78 bits per heavy atom. The average molecular weight is 383 g/mol. The smallest absolute Gasteiger partial charge is 0.313 e. The Labute approximate surface area is 159 Å². The lowest BCUT2D eigenvalue weighted by Crippen LogP contribution is -2.45. The van der Waals surface area contributed by atoms with Crippen molar-refractivity contribution < 1.29 is 4.79 Å². The maximum Gasteiger partial charge on any atom is 0.332 e. The molecule has 8 heteroatoms. The molecule has 7 nitrogen and oxygen atoms in total. The van der Waals surface area contributed by atoms with Gasteiger partial charge in [0.25, 0.3) is 0 Å². The molecule has 0 bridgehead atoms. The quantitative estimate of drug-likeness (QED) is 0.633. The van der Waals surface area contributed by atoms with Gasteiger partial charge in [0.05, 0.1) is 12.2 Å². The Kier molecular flexibility index (Phi) is 4.16. The standard InChI is InChI=1S/C19H15ClN4O3/c1-22-15-8-7-13(20)9-14(15)17-21-24(10-12-5-3-2-4-6-12)19(27)18(26)23(17)11-16(22)25/h2-9H,10-11H2,1H3. The van der Waals surface area contributed by atoms with Crippen LogP contribution in [0.25, 0.3) is 11.4 Å². The zero-order valence-electron chi connectivity index (χ0n) is 14.4. The van der Waals surface area contributed by atoms with E-state index in [0.717, 1.165) is 14.8 Å². The maximum absolute atomic E-state index is 12.7. The number of benzene rings is 2. The van der Waals surface area contributed by atoms with Gasteiger partial charge in [0.1, 0.15) is 6.54 Å². The normalized spacial score (nSPS) is 13.1. The second-order valence-corrected chi connectivity index (χ2v) is 6.71. The number of aromatic nitrogens is 3. The SMILES string of the molecule is CN1C(=O)Cn2c(nn(Cc3ccccc3)c(=O)c2=O)-c2cc(Cl)ccc21. The van der Waals surface area contributed by atoms with Gasteiger partial charge >= 0.3 is 11.1 Å². The monoisotopic (exact) mass is 382 g/mol. The van der Waals surface area contributed by atoms with Crippen molar-refractivity contribution in [1.82, 2.24) is 14.3 Å². The third-order valence-electron chi connectivity index (χ3n) is 4.54. The molecule has 0 aliphatic carbocycles. The molecule has 0 saturated carbocycles. The lowest BCUT2D eigenvalue weighted by Gasteiger charge is -2.16. The van der Waals surface area contributed by atoms with Crippen molar-refractivity contribution in [3.05, 3.63) is 79.8 Å². The van der Waals surface area contributed by atoms with E-state index in [4.69, 9.17) is 11.6 Å². The molecule has 0 radical (unpaired) electrons. The van der Waals surface area contributed by atoms with Crippen LogP contribution in [-0.4, -0.2) is 27.3 Å². The van der Waals surface area contributed by atoms with Crippen molar-refractivity contribution in [2.45, 2.75) is 13.1 Å². The van der Waals surface area contributed by atoms with Gasteiger partial charge < -0.3 is 4.90 Å². The van der Waals surface area contributed by atoms with E-state index in [1.807, 2.05) is 30.3 Å². The average Bonchev–Trinajstić information content (AvgIpc) is 2.76. The van der Waals surface area contributed by atoms with Crippen molar-refractivity contribution in [1.29, 1.82) is 0 Å². The van der Waals surface area contributed by atoms with E-state index in [1.165, 1.54) is 4.90 Å². The molecule has 27 heavy (non-hydrogen) atoms. The molecule has 136 valence electrons. The first-order chi connectivity index (χ1) is 13.0. The molecule has 0 atom stereocenters. The number of anilines is 1. The summed E-state index contributed by atoms with van der Waals surface area (Å²) in [5.41, 5.74) is 0.376. The Morgan fingerprint density at radius 1 is 1.04 bits per heavy atom. The summed E-state index contributed by atoms with van der Waals surface area (Å²) in [6, 6.07) is 14.3.